The van der Waals surface area contributed by atoms with Crippen molar-refractivity contribution in [2.24, 2.45) is 0 Å². The first-order chi connectivity index (χ1) is 13.0. The molecule has 1 aromatic carbocycles. The van der Waals surface area contributed by atoms with E-state index in [4.69, 9.17) is 4.74 Å². The van der Waals surface area contributed by atoms with E-state index in [-0.39, 0.29) is 24.3 Å². The summed E-state index contributed by atoms with van der Waals surface area (Å²) in [6.07, 6.45) is 0.215. The van der Waals surface area contributed by atoms with Gasteiger partial charge >= 0.3 is 0 Å². The molecule has 3 rings (SSSR count). The van der Waals surface area contributed by atoms with E-state index >= 15 is 0 Å². The normalized spacial score (nSPS) is 17.0. The van der Waals surface area contributed by atoms with Crippen molar-refractivity contribution in [2.45, 2.75) is 39.8 Å². The third kappa shape index (κ3) is 4.22. The Balaban J connectivity index is 1.73. The van der Waals surface area contributed by atoms with E-state index < -0.39 is 0 Å². The molecule has 6 heteroatoms. The van der Waals surface area contributed by atoms with Crippen molar-refractivity contribution in [3.8, 4) is 0 Å². The number of nitrogens with zero attached hydrogens (tertiary/aromatic N) is 2. The Hall–Kier alpha value is -2.60. The average molecular weight is 369 g/mol. The molecule has 0 saturated carbocycles. The minimum Gasteiger partial charge on any atom is -0.377 e. The number of morpholine rings is 1. The molecular formula is C21H27N3O3. The summed E-state index contributed by atoms with van der Waals surface area (Å²) in [5.41, 5.74) is 3.51. The second-order valence-corrected chi connectivity index (χ2v) is 6.87. The van der Waals surface area contributed by atoms with Gasteiger partial charge in [0, 0.05) is 36.6 Å². The maximum atomic E-state index is 13.2. The number of hydrogen-bond donors (Lipinski definition) is 1. The molecule has 1 atom stereocenters. The Bertz CT molecular complexity index is 814. The van der Waals surface area contributed by atoms with Gasteiger partial charge in [0.25, 0.3) is 5.91 Å². The summed E-state index contributed by atoms with van der Waals surface area (Å²) < 4.78 is 7.68. The second kappa shape index (κ2) is 8.39. The molecule has 144 valence electrons. The number of rotatable bonds is 5. The molecule has 2 amide bonds. The predicted molar refractivity (Wildman–Crippen MR) is 105 cm³/mol. The zero-order chi connectivity index (χ0) is 19.4. The van der Waals surface area contributed by atoms with Gasteiger partial charge in [0.05, 0.1) is 24.8 Å². The van der Waals surface area contributed by atoms with Crippen LogP contribution in [0, 0.1) is 13.8 Å². The smallest absolute Gasteiger partial charge is 0.256 e. The number of hydrogen-bond acceptors (Lipinski definition) is 3. The van der Waals surface area contributed by atoms with E-state index in [9.17, 15) is 9.59 Å². The largest absolute Gasteiger partial charge is 0.377 e. The Labute approximate surface area is 160 Å². The Morgan fingerprint density at radius 3 is 2.63 bits per heavy atom. The zero-order valence-corrected chi connectivity index (χ0v) is 16.2. The topological polar surface area (TPSA) is 63.6 Å². The molecule has 27 heavy (non-hydrogen) atoms. The van der Waals surface area contributed by atoms with Gasteiger partial charge in [-0.25, -0.2) is 0 Å². The fraction of sp³-hybridized carbons (Fsp3) is 0.429. The second-order valence-electron chi connectivity index (χ2n) is 6.87. The average Bonchev–Trinajstić information content (AvgIpc) is 2.96. The molecule has 6 nitrogen and oxygen atoms in total. The maximum Gasteiger partial charge on any atom is 0.256 e. The van der Waals surface area contributed by atoms with E-state index in [1.54, 1.807) is 4.90 Å². The highest BCUT2D eigenvalue weighted by atomic mass is 16.5. The lowest BCUT2D eigenvalue weighted by Crippen LogP contribution is -2.50. The van der Waals surface area contributed by atoms with Gasteiger partial charge in [-0.1, -0.05) is 18.2 Å². The molecular weight excluding hydrogens is 342 g/mol. The van der Waals surface area contributed by atoms with Crippen LogP contribution in [0.15, 0.2) is 36.4 Å². The monoisotopic (exact) mass is 369 g/mol. The molecule has 0 unspecified atom stereocenters. The van der Waals surface area contributed by atoms with Gasteiger partial charge in [-0.15, -0.1) is 0 Å². The van der Waals surface area contributed by atoms with Crippen molar-refractivity contribution in [3.63, 3.8) is 0 Å². The quantitative estimate of drug-likeness (QED) is 0.881. The van der Waals surface area contributed by atoms with Crippen LogP contribution in [0.3, 0.4) is 0 Å². The van der Waals surface area contributed by atoms with Crippen LogP contribution in [0.5, 0.6) is 0 Å². The van der Waals surface area contributed by atoms with Crippen molar-refractivity contribution in [1.82, 2.24) is 9.47 Å². The fourth-order valence-corrected chi connectivity index (χ4v) is 3.70. The van der Waals surface area contributed by atoms with Crippen molar-refractivity contribution < 1.29 is 14.3 Å². The zero-order valence-electron chi connectivity index (χ0n) is 16.2. The number of aromatic nitrogens is 1. The highest BCUT2D eigenvalue weighted by Gasteiger charge is 2.31. The lowest BCUT2D eigenvalue weighted by atomic mass is 10.1. The van der Waals surface area contributed by atoms with Crippen molar-refractivity contribution >= 4 is 17.5 Å². The third-order valence-corrected chi connectivity index (χ3v) is 5.09. The van der Waals surface area contributed by atoms with Crippen LogP contribution in [0.4, 0.5) is 5.69 Å². The van der Waals surface area contributed by atoms with Crippen LogP contribution < -0.4 is 5.32 Å². The lowest BCUT2D eigenvalue weighted by molar-refractivity contribution is -0.118. The molecule has 1 aliphatic rings. The molecule has 2 heterocycles. The van der Waals surface area contributed by atoms with Gasteiger partial charge < -0.3 is 19.5 Å². The Morgan fingerprint density at radius 2 is 1.96 bits per heavy atom. The standard InChI is InChI=1S/C21H27N3O3/c1-4-23-15(2)12-19(16(23)3)21(26)24-10-11-27-14-18(24)13-20(25)22-17-8-6-5-7-9-17/h5-9,12,18H,4,10-11,13-14H2,1-3H3,(H,22,25)/t18-/m0/s1. The third-order valence-electron chi connectivity index (χ3n) is 5.09. The van der Waals surface area contributed by atoms with Crippen LogP contribution in [-0.4, -0.2) is 47.1 Å². The molecule has 2 aromatic rings. The molecule has 1 aliphatic heterocycles. The van der Waals surface area contributed by atoms with Crippen LogP contribution in [-0.2, 0) is 16.1 Å². The maximum absolute atomic E-state index is 13.2. The number of amides is 2. The molecule has 0 bridgehead atoms. The van der Waals surface area contributed by atoms with Crippen LogP contribution >= 0.6 is 0 Å². The summed E-state index contributed by atoms with van der Waals surface area (Å²) in [5.74, 6) is -0.142. The van der Waals surface area contributed by atoms with Gasteiger partial charge in [0.1, 0.15) is 0 Å². The van der Waals surface area contributed by atoms with Gasteiger partial charge in [0.2, 0.25) is 5.91 Å². The van der Waals surface area contributed by atoms with Gasteiger partial charge in [-0.3, -0.25) is 9.59 Å². The number of nitrogens with one attached hydrogen (secondary N) is 1. The van der Waals surface area contributed by atoms with Crippen molar-refractivity contribution in [1.29, 1.82) is 0 Å². The van der Waals surface area contributed by atoms with Gasteiger partial charge in [0.15, 0.2) is 0 Å². The summed E-state index contributed by atoms with van der Waals surface area (Å²) in [7, 11) is 0. The van der Waals surface area contributed by atoms with E-state index in [1.807, 2.05) is 50.2 Å². The molecule has 1 aromatic heterocycles. The van der Waals surface area contributed by atoms with Crippen LogP contribution in [0.1, 0.15) is 35.1 Å². The highest BCUT2D eigenvalue weighted by molar-refractivity contribution is 5.97. The first-order valence-electron chi connectivity index (χ1n) is 9.41. The summed E-state index contributed by atoms with van der Waals surface area (Å²) in [6.45, 7) is 8.25. The van der Waals surface area contributed by atoms with E-state index in [0.29, 0.717) is 25.3 Å². The van der Waals surface area contributed by atoms with Crippen molar-refractivity contribution in [2.75, 3.05) is 25.1 Å². The minimum absolute atomic E-state index is 0.0244. The van der Waals surface area contributed by atoms with Crippen LogP contribution in [0.25, 0.3) is 0 Å². The lowest BCUT2D eigenvalue weighted by Gasteiger charge is -2.35. The SMILES string of the molecule is CCn1c(C)cc(C(=O)N2CCOC[C@@H]2CC(=O)Nc2ccccc2)c1C. The number of anilines is 1. The van der Waals surface area contributed by atoms with Gasteiger partial charge in [-0.2, -0.15) is 0 Å². The fourth-order valence-electron chi connectivity index (χ4n) is 3.70. The van der Waals surface area contributed by atoms with E-state index in [1.165, 1.54) is 0 Å². The molecule has 1 saturated heterocycles. The molecule has 0 radical (unpaired) electrons. The first kappa shape index (κ1) is 19.2. The van der Waals surface area contributed by atoms with Crippen LogP contribution in [0.2, 0.25) is 0 Å². The Kier molecular flexibility index (Phi) is 5.96. The summed E-state index contributed by atoms with van der Waals surface area (Å²) in [6, 6.07) is 11.0. The number of para-hydroxylation sites is 1. The van der Waals surface area contributed by atoms with Gasteiger partial charge in [-0.05, 0) is 39.0 Å². The molecule has 0 aliphatic carbocycles. The first-order valence-corrected chi connectivity index (χ1v) is 9.41. The number of aryl methyl sites for hydroxylation is 1. The summed E-state index contributed by atoms with van der Waals surface area (Å²) >= 11 is 0. The Morgan fingerprint density at radius 1 is 1.22 bits per heavy atom. The predicted octanol–water partition coefficient (Wildman–Crippen LogP) is 2.99. The minimum atomic E-state index is -0.264. The number of benzene rings is 1. The van der Waals surface area contributed by atoms with E-state index in [2.05, 4.69) is 16.8 Å². The molecule has 0 spiro atoms. The van der Waals surface area contributed by atoms with E-state index in [0.717, 1.165) is 23.6 Å². The number of carbonyl (C=O) groups excluding carboxylic acids is 2. The summed E-state index contributed by atoms with van der Waals surface area (Å²) in [5, 5.41) is 2.89. The number of carbonyl (C=O) groups is 2. The highest BCUT2D eigenvalue weighted by Crippen LogP contribution is 2.21. The molecule has 1 N–H and O–H groups in total. The van der Waals surface area contributed by atoms with Crippen molar-refractivity contribution in [3.05, 3.63) is 53.3 Å². The molecule has 1 fully saturated rings. The summed E-state index contributed by atoms with van der Waals surface area (Å²) in [4.78, 5) is 27.4. The number of ether oxygens (including phenoxy) is 1.